The molecule has 5 heteroatoms. The molecular formula is C9H16O5. The summed E-state index contributed by atoms with van der Waals surface area (Å²) in [5.41, 5.74) is 0. The number of aliphatic hydroxyl groups is 1. The van der Waals surface area contributed by atoms with Crippen LogP contribution in [0.5, 0.6) is 0 Å². The van der Waals surface area contributed by atoms with Crippen LogP contribution in [-0.2, 0) is 9.59 Å². The summed E-state index contributed by atoms with van der Waals surface area (Å²) in [5.74, 6) is -3.03. The fourth-order valence-electron chi connectivity index (χ4n) is 1.18. The lowest BCUT2D eigenvalue weighted by Crippen LogP contribution is -2.18. The molecule has 0 saturated carbocycles. The van der Waals surface area contributed by atoms with E-state index in [2.05, 4.69) is 0 Å². The highest BCUT2D eigenvalue weighted by atomic mass is 16.4. The van der Waals surface area contributed by atoms with Gasteiger partial charge < -0.3 is 15.3 Å². The summed E-state index contributed by atoms with van der Waals surface area (Å²) in [6, 6.07) is 0. The van der Waals surface area contributed by atoms with Crippen LogP contribution in [0.4, 0.5) is 0 Å². The van der Waals surface area contributed by atoms with Gasteiger partial charge in [0.05, 0.1) is 18.4 Å². The van der Waals surface area contributed by atoms with Crippen LogP contribution in [0.3, 0.4) is 0 Å². The molecule has 5 nitrogen and oxygen atoms in total. The highest BCUT2D eigenvalue weighted by Crippen LogP contribution is 2.14. The summed E-state index contributed by atoms with van der Waals surface area (Å²) < 4.78 is 0. The lowest BCUT2D eigenvalue weighted by atomic mass is 9.98. The lowest BCUT2D eigenvalue weighted by molar-refractivity contribution is -0.148. The van der Waals surface area contributed by atoms with Crippen molar-refractivity contribution in [2.45, 2.75) is 38.7 Å². The van der Waals surface area contributed by atoms with E-state index in [9.17, 15) is 9.59 Å². The van der Waals surface area contributed by atoms with Gasteiger partial charge in [-0.05, 0) is 19.8 Å². The van der Waals surface area contributed by atoms with Gasteiger partial charge >= 0.3 is 11.9 Å². The average molecular weight is 204 g/mol. The van der Waals surface area contributed by atoms with Crippen molar-refractivity contribution in [2.75, 3.05) is 0 Å². The van der Waals surface area contributed by atoms with Gasteiger partial charge in [0.1, 0.15) is 0 Å². The van der Waals surface area contributed by atoms with Crippen molar-refractivity contribution in [1.82, 2.24) is 0 Å². The Morgan fingerprint density at radius 3 is 2.14 bits per heavy atom. The second-order valence-corrected chi connectivity index (χ2v) is 3.41. The quantitative estimate of drug-likeness (QED) is 0.567. The van der Waals surface area contributed by atoms with Crippen molar-refractivity contribution >= 4 is 11.9 Å². The second kappa shape index (κ2) is 6.37. The van der Waals surface area contributed by atoms with Crippen molar-refractivity contribution in [3.05, 3.63) is 0 Å². The normalized spacial score (nSPS) is 14.7. The predicted molar refractivity (Wildman–Crippen MR) is 48.9 cm³/mol. The fraction of sp³-hybridized carbons (Fsp3) is 0.778. The van der Waals surface area contributed by atoms with Crippen LogP contribution in [0.1, 0.15) is 32.6 Å². The number of carboxylic acid groups (broad SMARTS) is 2. The molecule has 0 rings (SSSR count). The summed E-state index contributed by atoms with van der Waals surface area (Å²) in [6.45, 7) is 1.62. The zero-order valence-corrected chi connectivity index (χ0v) is 8.14. The van der Waals surface area contributed by atoms with Gasteiger partial charge in [0, 0.05) is 0 Å². The minimum absolute atomic E-state index is 0.298. The van der Waals surface area contributed by atoms with Crippen LogP contribution in [0, 0.1) is 5.92 Å². The smallest absolute Gasteiger partial charge is 0.307 e. The molecule has 0 aromatic heterocycles. The third kappa shape index (κ3) is 6.42. The molecule has 3 N–H and O–H groups in total. The number of aliphatic carboxylic acids is 2. The molecule has 0 aromatic rings. The first-order valence-corrected chi connectivity index (χ1v) is 4.56. The van der Waals surface area contributed by atoms with Crippen molar-refractivity contribution < 1.29 is 24.9 Å². The molecule has 0 heterocycles. The molecule has 0 aromatic carbocycles. The molecule has 2 atom stereocenters. The van der Waals surface area contributed by atoms with E-state index in [0.29, 0.717) is 19.3 Å². The minimum Gasteiger partial charge on any atom is -0.481 e. The molecule has 14 heavy (non-hydrogen) atoms. The van der Waals surface area contributed by atoms with E-state index in [-0.39, 0.29) is 6.42 Å². The molecule has 0 fully saturated rings. The maximum absolute atomic E-state index is 10.6. The van der Waals surface area contributed by atoms with Crippen LogP contribution in [-0.4, -0.2) is 33.4 Å². The van der Waals surface area contributed by atoms with Crippen LogP contribution in [0.2, 0.25) is 0 Å². The Morgan fingerprint density at radius 1 is 1.21 bits per heavy atom. The van der Waals surface area contributed by atoms with Crippen molar-refractivity contribution in [3.8, 4) is 0 Å². The topological polar surface area (TPSA) is 94.8 Å². The van der Waals surface area contributed by atoms with E-state index in [1.165, 1.54) is 0 Å². The first kappa shape index (κ1) is 12.9. The maximum Gasteiger partial charge on any atom is 0.307 e. The van der Waals surface area contributed by atoms with E-state index < -0.39 is 24.0 Å². The molecule has 0 aliphatic carbocycles. The van der Waals surface area contributed by atoms with E-state index in [4.69, 9.17) is 15.3 Å². The maximum atomic E-state index is 10.6. The molecular weight excluding hydrogens is 188 g/mol. The second-order valence-electron chi connectivity index (χ2n) is 3.41. The molecule has 82 valence electrons. The molecule has 2 unspecified atom stereocenters. The molecule has 0 saturated heterocycles. The summed E-state index contributed by atoms with van der Waals surface area (Å²) in [7, 11) is 0. The van der Waals surface area contributed by atoms with Crippen molar-refractivity contribution in [1.29, 1.82) is 0 Å². The number of carbonyl (C=O) groups is 2. The molecule has 0 radical (unpaired) electrons. The SMILES string of the molecule is CC(O)CCCC(CC(=O)O)C(=O)O. The van der Waals surface area contributed by atoms with Gasteiger partial charge in [-0.15, -0.1) is 0 Å². The predicted octanol–water partition coefficient (Wildman–Crippen LogP) is 0.713. The van der Waals surface area contributed by atoms with Crippen LogP contribution >= 0.6 is 0 Å². The average Bonchev–Trinajstić information content (AvgIpc) is 2.00. The van der Waals surface area contributed by atoms with Crippen LogP contribution < -0.4 is 0 Å². The minimum atomic E-state index is -1.10. The first-order valence-electron chi connectivity index (χ1n) is 4.56. The number of aliphatic hydroxyl groups excluding tert-OH is 1. The Hall–Kier alpha value is -1.10. The number of hydrogen-bond donors (Lipinski definition) is 3. The molecule has 0 aliphatic rings. The van der Waals surface area contributed by atoms with Crippen molar-refractivity contribution in [2.24, 2.45) is 5.92 Å². The summed E-state index contributed by atoms with van der Waals surface area (Å²) >= 11 is 0. The largest absolute Gasteiger partial charge is 0.481 e. The highest BCUT2D eigenvalue weighted by molar-refractivity contribution is 5.77. The zero-order chi connectivity index (χ0) is 11.1. The standard InChI is InChI=1S/C9H16O5/c1-6(10)3-2-4-7(9(13)14)5-8(11)12/h6-7,10H,2-5H2,1H3,(H,11,12)(H,13,14). The fourth-order valence-corrected chi connectivity index (χ4v) is 1.18. The summed E-state index contributed by atoms with van der Waals surface area (Å²) in [4.78, 5) is 20.9. The zero-order valence-electron chi connectivity index (χ0n) is 8.14. The Bertz CT molecular complexity index is 199. The Morgan fingerprint density at radius 2 is 1.79 bits per heavy atom. The number of hydrogen-bond acceptors (Lipinski definition) is 3. The summed E-state index contributed by atoms with van der Waals surface area (Å²) in [6.07, 6.45) is 0.516. The van der Waals surface area contributed by atoms with Gasteiger partial charge in [-0.3, -0.25) is 9.59 Å². The van der Waals surface area contributed by atoms with Gasteiger partial charge in [-0.1, -0.05) is 6.42 Å². The molecule has 0 amide bonds. The third-order valence-corrected chi connectivity index (χ3v) is 1.94. The van der Waals surface area contributed by atoms with E-state index in [1.54, 1.807) is 6.92 Å². The third-order valence-electron chi connectivity index (χ3n) is 1.94. The number of carboxylic acids is 2. The highest BCUT2D eigenvalue weighted by Gasteiger charge is 2.20. The monoisotopic (exact) mass is 204 g/mol. The first-order chi connectivity index (χ1) is 6.43. The van der Waals surface area contributed by atoms with Gasteiger partial charge in [0.15, 0.2) is 0 Å². The van der Waals surface area contributed by atoms with Gasteiger partial charge in [0.25, 0.3) is 0 Å². The van der Waals surface area contributed by atoms with Crippen LogP contribution in [0.15, 0.2) is 0 Å². The van der Waals surface area contributed by atoms with E-state index in [0.717, 1.165) is 0 Å². The number of rotatable bonds is 7. The van der Waals surface area contributed by atoms with Gasteiger partial charge in [-0.2, -0.15) is 0 Å². The van der Waals surface area contributed by atoms with Crippen molar-refractivity contribution in [3.63, 3.8) is 0 Å². The Labute approximate surface area is 82.4 Å². The molecule has 0 spiro atoms. The van der Waals surface area contributed by atoms with Gasteiger partial charge in [-0.25, -0.2) is 0 Å². The Balaban J connectivity index is 3.86. The molecule has 0 aliphatic heterocycles. The van der Waals surface area contributed by atoms with E-state index >= 15 is 0 Å². The lowest BCUT2D eigenvalue weighted by Gasteiger charge is -2.10. The van der Waals surface area contributed by atoms with E-state index in [1.807, 2.05) is 0 Å². The van der Waals surface area contributed by atoms with Gasteiger partial charge in [0.2, 0.25) is 0 Å². The molecule has 0 bridgehead atoms. The van der Waals surface area contributed by atoms with Crippen LogP contribution in [0.25, 0.3) is 0 Å². The Kier molecular flexibility index (Phi) is 5.87. The summed E-state index contributed by atoms with van der Waals surface area (Å²) in [5, 5.41) is 26.0.